The Morgan fingerprint density at radius 2 is 1.67 bits per heavy atom. The Balaban J connectivity index is 1.78. The summed E-state index contributed by atoms with van der Waals surface area (Å²) >= 11 is 5.80. The zero-order valence-corrected chi connectivity index (χ0v) is 14.5. The number of benzene rings is 2. The Morgan fingerprint density at radius 1 is 1.04 bits per heavy atom. The van der Waals surface area contributed by atoms with Crippen molar-refractivity contribution in [2.24, 2.45) is 0 Å². The molecule has 0 radical (unpaired) electrons. The van der Waals surface area contributed by atoms with Gasteiger partial charge in [0.2, 0.25) is 0 Å². The Bertz CT molecular complexity index is 694. The van der Waals surface area contributed by atoms with Crippen LogP contribution in [0.2, 0.25) is 5.02 Å². The molecule has 0 unspecified atom stereocenters. The fraction of sp³-hybridized carbons (Fsp3) is 0.263. The zero-order chi connectivity index (χ0) is 17.5. The summed E-state index contributed by atoms with van der Waals surface area (Å²) in [6.45, 7) is 4.21. The second kappa shape index (κ2) is 8.50. The van der Waals surface area contributed by atoms with Crippen molar-refractivity contribution in [3.05, 3.63) is 70.2 Å². The minimum absolute atomic E-state index is 0.307. The quantitative estimate of drug-likeness (QED) is 0.807. The van der Waals surface area contributed by atoms with E-state index >= 15 is 0 Å². The fourth-order valence-corrected chi connectivity index (χ4v) is 2.20. The van der Waals surface area contributed by atoms with E-state index in [-0.39, 0.29) is 12.5 Å². The Kier molecular flexibility index (Phi) is 6.38. The van der Waals surface area contributed by atoms with Crippen LogP contribution in [0.1, 0.15) is 41.3 Å². The molecule has 0 aliphatic heterocycles. The first-order chi connectivity index (χ1) is 11.5. The van der Waals surface area contributed by atoms with Gasteiger partial charge in [-0.1, -0.05) is 49.7 Å². The summed E-state index contributed by atoms with van der Waals surface area (Å²) < 4.78 is 5.03. The number of rotatable bonds is 6. The van der Waals surface area contributed by atoms with Crippen LogP contribution >= 0.6 is 11.6 Å². The molecular formula is C19H20ClNO3. The van der Waals surface area contributed by atoms with Crippen LogP contribution in [0, 0.1) is 0 Å². The molecule has 0 aliphatic carbocycles. The van der Waals surface area contributed by atoms with Gasteiger partial charge in [-0.25, -0.2) is 4.79 Å². The zero-order valence-electron chi connectivity index (χ0n) is 13.7. The molecule has 0 saturated carbocycles. The van der Waals surface area contributed by atoms with E-state index in [9.17, 15) is 9.59 Å². The van der Waals surface area contributed by atoms with Crippen LogP contribution in [0.3, 0.4) is 0 Å². The summed E-state index contributed by atoms with van der Waals surface area (Å²) in [5.41, 5.74) is 2.50. The molecule has 1 N–H and O–H groups in total. The predicted molar refractivity (Wildman–Crippen MR) is 94.1 cm³/mol. The summed E-state index contributed by atoms with van der Waals surface area (Å²) in [5.74, 6) is -0.460. The normalized spacial score (nSPS) is 10.5. The van der Waals surface area contributed by atoms with Gasteiger partial charge in [-0.15, -0.1) is 0 Å². The van der Waals surface area contributed by atoms with E-state index in [1.807, 2.05) is 24.3 Å². The van der Waals surface area contributed by atoms with Crippen molar-refractivity contribution in [1.29, 1.82) is 0 Å². The molecule has 0 aromatic heterocycles. The van der Waals surface area contributed by atoms with Crippen LogP contribution in [0.15, 0.2) is 48.5 Å². The SMILES string of the molecule is CC(C)c1ccc(C(=O)OCC(=O)NCc2ccc(Cl)cc2)cc1. The van der Waals surface area contributed by atoms with E-state index in [0.717, 1.165) is 11.1 Å². The highest BCUT2D eigenvalue weighted by molar-refractivity contribution is 6.30. The first-order valence-corrected chi connectivity index (χ1v) is 8.11. The Morgan fingerprint density at radius 3 is 2.25 bits per heavy atom. The van der Waals surface area contributed by atoms with Gasteiger partial charge < -0.3 is 10.1 Å². The van der Waals surface area contributed by atoms with E-state index < -0.39 is 5.97 Å². The lowest BCUT2D eigenvalue weighted by atomic mass is 10.0. The molecule has 0 aliphatic rings. The summed E-state index contributed by atoms with van der Waals surface area (Å²) in [4.78, 5) is 23.7. The molecule has 0 saturated heterocycles. The Labute approximate surface area is 146 Å². The summed E-state index contributed by atoms with van der Waals surface area (Å²) in [5, 5.41) is 3.33. The van der Waals surface area contributed by atoms with Gasteiger partial charge in [0.15, 0.2) is 6.61 Å². The number of nitrogens with one attached hydrogen (secondary N) is 1. The molecule has 4 nitrogen and oxygen atoms in total. The van der Waals surface area contributed by atoms with Crippen molar-refractivity contribution < 1.29 is 14.3 Å². The van der Waals surface area contributed by atoms with E-state index in [1.54, 1.807) is 24.3 Å². The monoisotopic (exact) mass is 345 g/mol. The molecule has 5 heteroatoms. The van der Waals surface area contributed by atoms with Gasteiger partial charge in [-0.05, 0) is 41.3 Å². The van der Waals surface area contributed by atoms with E-state index in [2.05, 4.69) is 19.2 Å². The second-order valence-corrected chi connectivity index (χ2v) is 6.19. The number of halogens is 1. The third-order valence-electron chi connectivity index (χ3n) is 3.55. The van der Waals surface area contributed by atoms with Crippen molar-refractivity contribution >= 4 is 23.5 Å². The number of hydrogen-bond acceptors (Lipinski definition) is 3. The molecule has 2 aromatic carbocycles. The molecule has 2 rings (SSSR count). The Hall–Kier alpha value is -2.33. The van der Waals surface area contributed by atoms with Gasteiger partial charge >= 0.3 is 5.97 Å². The highest BCUT2D eigenvalue weighted by Crippen LogP contribution is 2.15. The molecule has 0 atom stereocenters. The molecule has 126 valence electrons. The summed E-state index contributed by atoms with van der Waals surface area (Å²) in [7, 11) is 0. The highest BCUT2D eigenvalue weighted by atomic mass is 35.5. The van der Waals surface area contributed by atoms with Crippen LogP contribution in [0.5, 0.6) is 0 Å². The topological polar surface area (TPSA) is 55.4 Å². The average Bonchev–Trinajstić information content (AvgIpc) is 2.59. The maximum absolute atomic E-state index is 11.9. The molecule has 2 aromatic rings. The van der Waals surface area contributed by atoms with Crippen molar-refractivity contribution in [2.75, 3.05) is 6.61 Å². The molecule has 1 amide bonds. The van der Waals surface area contributed by atoms with E-state index in [4.69, 9.17) is 16.3 Å². The largest absolute Gasteiger partial charge is 0.452 e. The number of carbonyl (C=O) groups is 2. The first kappa shape index (κ1) is 18.0. The van der Waals surface area contributed by atoms with Crippen LogP contribution < -0.4 is 5.32 Å². The second-order valence-electron chi connectivity index (χ2n) is 5.76. The lowest BCUT2D eigenvalue weighted by Crippen LogP contribution is -2.28. The molecule has 0 heterocycles. The number of ether oxygens (including phenoxy) is 1. The van der Waals surface area contributed by atoms with Crippen LogP contribution in [-0.2, 0) is 16.1 Å². The highest BCUT2D eigenvalue weighted by Gasteiger charge is 2.10. The molecule has 0 spiro atoms. The van der Waals surface area contributed by atoms with Gasteiger partial charge in [0, 0.05) is 11.6 Å². The van der Waals surface area contributed by atoms with Gasteiger partial charge in [-0.3, -0.25) is 4.79 Å². The summed E-state index contributed by atoms with van der Waals surface area (Å²) in [6.07, 6.45) is 0. The minimum atomic E-state index is -0.507. The molecular weight excluding hydrogens is 326 g/mol. The van der Waals surface area contributed by atoms with Crippen LogP contribution in [0.4, 0.5) is 0 Å². The third-order valence-corrected chi connectivity index (χ3v) is 3.80. The van der Waals surface area contributed by atoms with Gasteiger partial charge in [0.05, 0.1) is 5.56 Å². The molecule has 24 heavy (non-hydrogen) atoms. The van der Waals surface area contributed by atoms with Gasteiger partial charge in [0.25, 0.3) is 5.91 Å². The number of amides is 1. The lowest BCUT2D eigenvalue weighted by molar-refractivity contribution is -0.124. The van der Waals surface area contributed by atoms with Crippen molar-refractivity contribution in [2.45, 2.75) is 26.3 Å². The third kappa shape index (κ3) is 5.39. The average molecular weight is 346 g/mol. The van der Waals surface area contributed by atoms with Crippen molar-refractivity contribution in [1.82, 2.24) is 5.32 Å². The maximum Gasteiger partial charge on any atom is 0.338 e. The number of hydrogen-bond donors (Lipinski definition) is 1. The standard InChI is InChI=1S/C19H20ClNO3/c1-13(2)15-5-7-16(8-6-15)19(23)24-12-18(22)21-11-14-3-9-17(20)10-4-14/h3-10,13H,11-12H2,1-2H3,(H,21,22). The smallest absolute Gasteiger partial charge is 0.338 e. The van der Waals surface area contributed by atoms with Gasteiger partial charge in [-0.2, -0.15) is 0 Å². The van der Waals surface area contributed by atoms with Crippen LogP contribution in [0.25, 0.3) is 0 Å². The minimum Gasteiger partial charge on any atom is -0.452 e. The first-order valence-electron chi connectivity index (χ1n) is 7.74. The van der Waals surface area contributed by atoms with Crippen molar-refractivity contribution in [3.63, 3.8) is 0 Å². The molecule has 0 bridgehead atoms. The maximum atomic E-state index is 11.9. The van der Waals surface area contributed by atoms with Crippen molar-refractivity contribution in [3.8, 4) is 0 Å². The fourth-order valence-electron chi connectivity index (χ4n) is 2.07. The number of esters is 1. The van der Waals surface area contributed by atoms with Crippen LogP contribution in [-0.4, -0.2) is 18.5 Å². The van der Waals surface area contributed by atoms with E-state index in [1.165, 1.54) is 0 Å². The molecule has 0 fully saturated rings. The lowest BCUT2D eigenvalue weighted by Gasteiger charge is -2.08. The number of carbonyl (C=O) groups excluding carboxylic acids is 2. The summed E-state index contributed by atoms with van der Waals surface area (Å²) in [6, 6.07) is 14.4. The predicted octanol–water partition coefficient (Wildman–Crippen LogP) is 3.94. The van der Waals surface area contributed by atoms with E-state index in [0.29, 0.717) is 23.0 Å². The van der Waals surface area contributed by atoms with Gasteiger partial charge in [0.1, 0.15) is 0 Å².